The molecule has 3 nitrogen and oxygen atoms in total. The van der Waals surface area contributed by atoms with Gasteiger partial charge in [-0.25, -0.2) is 8.78 Å². The monoisotopic (exact) mass is 350 g/mol. The number of benzene rings is 2. The summed E-state index contributed by atoms with van der Waals surface area (Å²) in [6.07, 6.45) is 0. The molecule has 0 unspecified atom stereocenters. The number of hydrogen-bond donors (Lipinski definition) is 1. The minimum Gasteiger partial charge on any atom is -0.367 e. The van der Waals surface area contributed by atoms with Crippen LogP contribution < -0.4 is 5.73 Å². The molecule has 0 aliphatic carbocycles. The van der Waals surface area contributed by atoms with Gasteiger partial charge in [-0.05, 0) is 24.3 Å². The number of nitrogen functional groups attached to an aromatic ring is 1. The predicted octanol–water partition coefficient (Wildman–Crippen LogP) is 4.63. The van der Waals surface area contributed by atoms with Gasteiger partial charge >= 0.3 is 0 Å². The molecule has 0 aliphatic rings. The fourth-order valence-electron chi connectivity index (χ4n) is 2.09. The van der Waals surface area contributed by atoms with Gasteiger partial charge < -0.3 is 10.3 Å². The molecular weight excluding hydrogens is 342 g/mol. The third-order valence-corrected chi connectivity index (χ3v) is 3.51. The van der Waals surface area contributed by atoms with Gasteiger partial charge in [0.2, 0.25) is 5.88 Å². The SMILES string of the molecule is Nc1onc(-c2cccc(Br)c2)c1-c1ccc(F)cc1F. The van der Waals surface area contributed by atoms with E-state index >= 15 is 0 Å². The first-order valence-electron chi connectivity index (χ1n) is 6.03. The van der Waals surface area contributed by atoms with Crippen molar-refractivity contribution in [2.45, 2.75) is 0 Å². The number of halogens is 3. The number of nitrogens with zero attached hydrogens (tertiary/aromatic N) is 1. The molecule has 0 fully saturated rings. The maximum atomic E-state index is 14.0. The topological polar surface area (TPSA) is 52.0 Å². The van der Waals surface area contributed by atoms with Gasteiger partial charge in [0, 0.05) is 21.7 Å². The second-order valence-electron chi connectivity index (χ2n) is 4.40. The normalized spacial score (nSPS) is 10.8. The van der Waals surface area contributed by atoms with Crippen LogP contribution in [0.4, 0.5) is 14.7 Å². The fraction of sp³-hybridized carbons (Fsp3) is 0. The van der Waals surface area contributed by atoms with E-state index in [1.807, 2.05) is 18.2 Å². The highest BCUT2D eigenvalue weighted by molar-refractivity contribution is 9.10. The molecule has 1 heterocycles. The molecule has 0 saturated heterocycles. The van der Waals surface area contributed by atoms with E-state index in [0.29, 0.717) is 16.8 Å². The minimum absolute atomic E-state index is 0.0181. The molecule has 0 aliphatic heterocycles. The number of nitrogens with two attached hydrogens (primary N) is 1. The van der Waals surface area contributed by atoms with Gasteiger partial charge in [0.25, 0.3) is 0 Å². The number of aromatic nitrogens is 1. The number of rotatable bonds is 2. The average Bonchev–Trinajstić information content (AvgIpc) is 2.81. The molecule has 0 spiro atoms. The first-order chi connectivity index (χ1) is 10.1. The molecule has 0 atom stereocenters. The van der Waals surface area contributed by atoms with Crippen LogP contribution in [-0.4, -0.2) is 5.16 Å². The highest BCUT2D eigenvalue weighted by Gasteiger charge is 2.20. The van der Waals surface area contributed by atoms with Crippen molar-refractivity contribution in [2.24, 2.45) is 0 Å². The van der Waals surface area contributed by atoms with Gasteiger partial charge in [-0.1, -0.05) is 33.2 Å². The molecule has 3 rings (SSSR count). The van der Waals surface area contributed by atoms with E-state index in [1.54, 1.807) is 6.07 Å². The molecule has 106 valence electrons. The van der Waals surface area contributed by atoms with E-state index in [-0.39, 0.29) is 11.4 Å². The standard InChI is InChI=1S/C15H9BrF2N2O/c16-9-3-1-2-8(6-9)14-13(15(19)21-20-14)11-5-4-10(17)7-12(11)18/h1-7H,19H2. The summed E-state index contributed by atoms with van der Waals surface area (Å²) in [5.74, 6) is -1.40. The van der Waals surface area contributed by atoms with Crippen LogP contribution in [0.2, 0.25) is 0 Å². The van der Waals surface area contributed by atoms with E-state index in [1.165, 1.54) is 6.07 Å². The quantitative estimate of drug-likeness (QED) is 0.732. The van der Waals surface area contributed by atoms with Gasteiger partial charge in [0.1, 0.15) is 17.3 Å². The smallest absolute Gasteiger partial charge is 0.230 e. The molecule has 0 radical (unpaired) electrons. The first-order valence-corrected chi connectivity index (χ1v) is 6.82. The second kappa shape index (κ2) is 5.29. The van der Waals surface area contributed by atoms with E-state index in [2.05, 4.69) is 21.1 Å². The lowest BCUT2D eigenvalue weighted by Crippen LogP contribution is -1.92. The Morgan fingerprint density at radius 1 is 1.10 bits per heavy atom. The third-order valence-electron chi connectivity index (χ3n) is 3.02. The van der Waals surface area contributed by atoms with Crippen LogP contribution in [-0.2, 0) is 0 Å². The summed E-state index contributed by atoms with van der Waals surface area (Å²) in [7, 11) is 0. The Labute approximate surface area is 127 Å². The zero-order valence-corrected chi connectivity index (χ0v) is 12.2. The molecule has 3 aromatic rings. The largest absolute Gasteiger partial charge is 0.367 e. The lowest BCUT2D eigenvalue weighted by molar-refractivity contribution is 0.439. The summed E-state index contributed by atoms with van der Waals surface area (Å²) in [4.78, 5) is 0. The molecule has 0 bridgehead atoms. The van der Waals surface area contributed by atoms with Crippen LogP contribution in [0.3, 0.4) is 0 Å². The Balaban J connectivity index is 2.22. The van der Waals surface area contributed by atoms with E-state index in [0.717, 1.165) is 16.6 Å². The molecule has 2 aromatic carbocycles. The lowest BCUT2D eigenvalue weighted by Gasteiger charge is -2.05. The Morgan fingerprint density at radius 2 is 1.90 bits per heavy atom. The van der Waals surface area contributed by atoms with Crippen molar-refractivity contribution < 1.29 is 13.3 Å². The Hall–Kier alpha value is -2.21. The summed E-state index contributed by atoms with van der Waals surface area (Å²) in [5.41, 5.74) is 7.32. The third kappa shape index (κ3) is 2.54. The van der Waals surface area contributed by atoms with Crippen LogP contribution >= 0.6 is 15.9 Å². The summed E-state index contributed by atoms with van der Waals surface area (Å²) in [6, 6.07) is 10.5. The van der Waals surface area contributed by atoms with Crippen molar-refractivity contribution >= 4 is 21.8 Å². The molecule has 1 aromatic heterocycles. The Morgan fingerprint density at radius 3 is 2.62 bits per heavy atom. The maximum absolute atomic E-state index is 14.0. The van der Waals surface area contributed by atoms with Crippen molar-refractivity contribution in [2.75, 3.05) is 5.73 Å². The van der Waals surface area contributed by atoms with Crippen LogP contribution in [0.25, 0.3) is 22.4 Å². The minimum atomic E-state index is -0.721. The number of hydrogen-bond acceptors (Lipinski definition) is 3. The van der Waals surface area contributed by atoms with Crippen LogP contribution in [0, 0.1) is 11.6 Å². The Bertz CT molecular complexity index is 817. The van der Waals surface area contributed by atoms with Gasteiger partial charge in [0.15, 0.2) is 0 Å². The van der Waals surface area contributed by atoms with Crippen LogP contribution in [0.1, 0.15) is 0 Å². The van der Waals surface area contributed by atoms with Crippen LogP contribution in [0.15, 0.2) is 51.5 Å². The molecular formula is C15H9BrF2N2O. The van der Waals surface area contributed by atoms with E-state index in [4.69, 9.17) is 10.3 Å². The predicted molar refractivity (Wildman–Crippen MR) is 79.4 cm³/mol. The van der Waals surface area contributed by atoms with E-state index in [9.17, 15) is 8.78 Å². The van der Waals surface area contributed by atoms with Crippen molar-refractivity contribution in [3.8, 4) is 22.4 Å². The second-order valence-corrected chi connectivity index (χ2v) is 5.32. The van der Waals surface area contributed by atoms with Gasteiger partial charge in [-0.3, -0.25) is 0 Å². The molecule has 21 heavy (non-hydrogen) atoms. The van der Waals surface area contributed by atoms with Crippen molar-refractivity contribution in [3.63, 3.8) is 0 Å². The number of anilines is 1. The zero-order valence-electron chi connectivity index (χ0n) is 10.6. The molecule has 2 N–H and O–H groups in total. The van der Waals surface area contributed by atoms with Gasteiger partial charge in [0.05, 0.1) is 5.56 Å². The summed E-state index contributed by atoms with van der Waals surface area (Å²) in [6.45, 7) is 0. The Kier molecular flexibility index (Phi) is 3.47. The summed E-state index contributed by atoms with van der Waals surface area (Å²) in [5, 5.41) is 3.89. The van der Waals surface area contributed by atoms with Crippen LogP contribution in [0.5, 0.6) is 0 Å². The summed E-state index contributed by atoms with van der Waals surface area (Å²) >= 11 is 3.36. The van der Waals surface area contributed by atoms with Gasteiger partial charge in [-0.2, -0.15) is 0 Å². The van der Waals surface area contributed by atoms with Gasteiger partial charge in [-0.15, -0.1) is 0 Å². The lowest BCUT2D eigenvalue weighted by atomic mass is 10.0. The highest BCUT2D eigenvalue weighted by atomic mass is 79.9. The maximum Gasteiger partial charge on any atom is 0.230 e. The molecule has 0 saturated carbocycles. The molecule has 0 amide bonds. The van der Waals surface area contributed by atoms with Crippen molar-refractivity contribution in [1.82, 2.24) is 5.16 Å². The fourth-order valence-corrected chi connectivity index (χ4v) is 2.49. The average molecular weight is 351 g/mol. The van der Waals surface area contributed by atoms with E-state index < -0.39 is 11.6 Å². The first kappa shape index (κ1) is 13.8. The van der Waals surface area contributed by atoms with Crippen molar-refractivity contribution in [1.29, 1.82) is 0 Å². The summed E-state index contributed by atoms with van der Waals surface area (Å²) < 4.78 is 32.9. The zero-order chi connectivity index (χ0) is 15.0. The highest BCUT2D eigenvalue weighted by Crippen LogP contribution is 2.38. The van der Waals surface area contributed by atoms with Crippen molar-refractivity contribution in [3.05, 3.63) is 58.6 Å². The molecule has 6 heteroatoms.